The number of rotatable bonds is 6. The molecule has 0 spiro atoms. The highest BCUT2D eigenvalue weighted by atomic mass is 32.2. The Bertz CT molecular complexity index is 351. The largest absolute Gasteiger partial charge is 0.339 e. The summed E-state index contributed by atoms with van der Waals surface area (Å²) < 4.78 is 5.30. The van der Waals surface area contributed by atoms with Gasteiger partial charge in [0.25, 0.3) is 0 Å². The lowest BCUT2D eigenvalue weighted by molar-refractivity contribution is 0.359. The second-order valence-electron chi connectivity index (χ2n) is 4.94. The molecule has 1 N–H and O–H groups in total. The molecule has 1 aromatic heterocycles. The maximum absolute atomic E-state index is 5.30. The Hall–Kier alpha value is -0.200. The molecule has 6 heteroatoms. The van der Waals surface area contributed by atoms with E-state index in [1.165, 1.54) is 5.75 Å². The minimum absolute atomic E-state index is 0.486. The van der Waals surface area contributed by atoms with E-state index >= 15 is 0 Å². The van der Waals surface area contributed by atoms with Gasteiger partial charge in [-0.25, -0.2) is 0 Å². The fourth-order valence-electron chi connectivity index (χ4n) is 1.78. The number of thioether (sulfide) groups is 2. The van der Waals surface area contributed by atoms with Gasteiger partial charge < -0.3 is 9.84 Å². The van der Waals surface area contributed by atoms with Crippen molar-refractivity contribution in [3.63, 3.8) is 0 Å². The number of nitrogens with one attached hydrogen (secondary N) is 1. The molecule has 0 aromatic carbocycles. The first kappa shape index (κ1) is 14.2. The average molecular weight is 287 g/mol. The molecule has 1 unspecified atom stereocenters. The molecule has 0 radical (unpaired) electrons. The third-order valence-electron chi connectivity index (χ3n) is 2.61. The summed E-state index contributed by atoms with van der Waals surface area (Å²) in [4.78, 5) is 4.45. The van der Waals surface area contributed by atoms with Gasteiger partial charge in [0, 0.05) is 30.5 Å². The number of nitrogens with zero attached hydrogens (tertiary/aromatic N) is 2. The van der Waals surface area contributed by atoms with Gasteiger partial charge in [-0.2, -0.15) is 28.5 Å². The van der Waals surface area contributed by atoms with Crippen molar-refractivity contribution in [1.82, 2.24) is 15.5 Å². The van der Waals surface area contributed by atoms with E-state index in [1.807, 2.05) is 23.5 Å². The van der Waals surface area contributed by atoms with Crippen molar-refractivity contribution in [3.05, 3.63) is 11.7 Å². The zero-order valence-electron chi connectivity index (χ0n) is 11.0. The Morgan fingerprint density at radius 3 is 3.17 bits per heavy atom. The molecular weight excluding hydrogens is 266 g/mol. The Morgan fingerprint density at radius 2 is 2.44 bits per heavy atom. The molecule has 0 amide bonds. The van der Waals surface area contributed by atoms with Crippen LogP contribution in [0.15, 0.2) is 4.52 Å². The van der Waals surface area contributed by atoms with Crippen LogP contribution in [-0.2, 0) is 12.2 Å². The van der Waals surface area contributed by atoms with E-state index < -0.39 is 0 Å². The molecule has 102 valence electrons. The molecule has 0 saturated carbocycles. The molecule has 1 aliphatic rings. The van der Waals surface area contributed by atoms with E-state index in [1.54, 1.807) is 0 Å². The van der Waals surface area contributed by atoms with E-state index in [9.17, 15) is 0 Å². The maximum Gasteiger partial charge on any atom is 0.228 e. The predicted octanol–water partition coefficient (Wildman–Crippen LogP) is 2.21. The van der Waals surface area contributed by atoms with Crippen LogP contribution in [0.2, 0.25) is 0 Å². The van der Waals surface area contributed by atoms with Crippen LogP contribution in [0.5, 0.6) is 0 Å². The van der Waals surface area contributed by atoms with Crippen molar-refractivity contribution in [1.29, 1.82) is 0 Å². The minimum atomic E-state index is 0.486. The summed E-state index contributed by atoms with van der Waals surface area (Å²) in [5.74, 6) is 6.66. The van der Waals surface area contributed by atoms with Gasteiger partial charge in [0.2, 0.25) is 5.89 Å². The highest BCUT2D eigenvalue weighted by molar-refractivity contribution is 7.99. The lowest BCUT2D eigenvalue weighted by atomic mass is 10.2. The van der Waals surface area contributed by atoms with Crippen LogP contribution in [0, 0.1) is 5.92 Å². The van der Waals surface area contributed by atoms with Gasteiger partial charge >= 0.3 is 0 Å². The summed E-state index contributed by atoms with van der Waals surface area (Å²) in [6.45, 7) is 5.53. The first-order chi connectivity index (χ1) is 8.74. The van der Waals surface area contributed by atoms with E-state index in [0.29, 0.717) is 12.0 Å². The van der Waals surface area contributed by atoms with Gasteiger partial charge in [-0.05, 0) is 11.7 Å². The topological polar surface area (TPSA) is 51.0 Å². The Labute approximate surface area is 117 Å². The van der Waals surface area contributed by atoms with Crippen LogP contribution in [-0.4, -0.2) is 40.0 Å². The maximum atomic E-state index is 5.30. The van der Waals surface area contributed by atoms with Crippen LogP contribution in [0.25, 0.3) is 0 Å². The monoisotopic (exact) mass is 287 g/mol. The molecule has 1 aliphatic heterocycles. The summed E-state index contributed by atoms with van der Waals surface area (Å²) in [6.07, 6.45) is 0.856. The molecule has 1 fully saturated rings. The van der Waals surface area contributed by atoms with E-state index in [4.69, 9.17) is 4.52 Å². The van der Waals surface area contributed by atoms with Crippen molar-refractivity contribution in [3.8, 4) is 0 Å². The quantitative estimate of drug-likeness (QED) is 0.865. The van der Waals surface area contributed by atoms with Gasteiger partial charge in [-0.1, -0.05) is 19.0 Å². The van der Waals surface area contributed by atoms with Crippen LogP contribution >= 0.6 is 23.5 Å². The summed E-state index contributed by atoms with van der Waals surface area (Å²) in [7, 11) is 0. The van der Waals surface area contributed by atoms with Crippen molar-refractivity contribution in [2.45, 2.75) is 32.1 Å². The Balaban J connectivity index is 1.74. The van der Waals surface area contributed by atoms with E-state index in [2.05, 4.69) is 29.3 Å². The third kappa shape index (κ3) is 4.82. The fraction of sp³-hybridized carbons (Fsp3) is 0.833. The summed E-state index contributed by atoms with van der Waals surface area (Å²) in [6, 6.07) is 0.486. The van der Waals surface area contributed by atoms with Crippen LogP contribution in [0.4, 0.5) is 0 Å². The molecule has 1 saturated heterocycles. The summed E-state index contributed by atoms with van der Waals surface area (Å²) in [5, 5.41) is 7.52. The molecule has 2 rings (SSSR count). The molecular formula is C12H21N3OS2. The Kier molecular flexibility index (Phi) is 5.85. The third-order valence-corrected chi connectivity index (χ3v) is 5.11. The number of hydrogen-bond donors (Lipinski definition) is 1. The van der Waals surface area contributed by atoms with Gasteiger partial charge in [-0.3, -0.25) is 0 Å². The Morgan fingerprint density at radius 1 is 1.56 bits per heavy atom. The van der Waals surface area contributed by atoms with Crippen LogP contribution < -0.4 is 5.32 Å². The predicted molar refractivity (Wildman–Crippen MR) is 78.1 cm³/mol. The van der Waals surface area contributed by atoms with Gasteiger partial charge in [0.15, 0.2) is 5.82 Å². The smallest absolute Gasteiger partial charge is 0.228 e. The van der Waals surface area contributed by atoms with Crippen molar-refractivity contribution >= 4 is 23.5 Å². The molecule has 0 bridgehead atoms. The van der Waals surface area contributed by atoms with Gasteiger partial charge in [-0.15, -0.1) is 0 Å². The second kappa shape index (κ2) is 7.40. The first-order valence-corrected chi connectivity index (χ1v) is 8.75. The molecule has 1 aromatic rings. The number of hydrogen-bond acceptors (Lipinski definition) is 6. The van der Waals surface area contributed by atoms with E-state index in [-0.39, 0.29) is 0 Å². The molecule has 0 aliphatic carbocycles. The zero-order valence-corrected chi connectivity index (χ0v) is 12.6. The normalized spacial score (nSPS) is 20.5. The van der Waals surface area contributed by atoms with Crippen LogP contribution in [0.1, 0.15) is 25.6 Å². The van der Waals surface area contributed by atoms with Gasteiger partial charge in [0.05, 0.1) is 5.75 Å². The average Bonchev–Trinajstić information content (AvgIpc) is 2.78. The van der Waals surface area contributed by atoms with Gasteiger partial charge in [0.1, 0.15) is 0 Å². The SMILES string of the molecule is CC(C)CSCc1noc(CC2CSCCN2)n1. The molecule has 2 heterocycles. The first-order valence-electron chi connectivity index (χ1n) is 6.44. The van der Waals surface area contributed by atoms with Crippen molar-refractivity contribution in [2.24, 2.45) is 5.92 Å². The van der Waals surface area contributed by atoms with Crippen molar-refractivity contribution in [2.75, 3.05) is 23.8 Å². The van der Waals surface area contributed by atoms with E-state index in [0.717, 1.165) is 41.9 Å². The zero-order chi connectivity index (χ0) is 12.8. The standard InChI is InChI=1S/C12H21N3OS2/c1-9(2)6-18-8-11-14-12(16-15-11)5-10-7-17-4-3-13-10/h9-10,13H,3-8H2,1-2H3. The molecule has 18 heavy (non-hydrogen) atoms. The summed E-state index contributed by atoms with van der Waals surface area (Å²) in [5.41, 5.74) is 0. The molecule has 4 nitrogen and oxygen atoms in total. The minimum Gasteiger partial charge on any atom is -0.339 e. The number of aromatic nitrogens is 2. The lowest BCUT2D eigenvalue weighted by Crippen LogP contribution is -2.38. The van der Waals surface area contributed by atoms with Crippen LogP contribution in [0.3, 0.4) is 0 Å². The highest BCUT2D eigenvalue weighted by Gasteiger charge is 2.17. The van der Waals surface area contributed by atoms with Crippen molar-refractivity contribution < 1.29 is 4.52 Å². The summed E-state index contributed by atoms with van der Waals surface area (Å²) >= 11 is 3.86. The fourth-order valence-corrected chi connectivity index (χ4v) is 3.62. The lowest BCUT2D eigenvalue weighted by Gasteiger charge is -2.21. The second-order valence-corrected chi connectivity index (χ2v) is 7.12. The molecule has 1 atom stereocenters. The highest BCUT2D eigenvalue weighted by Crippen LogP contribution is 2.15.